The zero-order valence-electron chi connectivity index (χ0n) is 9.25. The van der Waals surface area contributed by atoms with Crippen molar-refractivity contribution >= 4 is 17.3 Å². The topological polar surface area (TPSA) is 80.0 Å². The van der Waals surface area contributed by atoms with Crippen molar-refractivity contribution in [3.63, 3.8) is 0 Å². The molecular weight excluding hydrogens is 240 g/mol. The van der Waals surface area contributed by atoms with Gasteiger partial charge in [-0.2, -0.15) is 5.10 Å². The summed E-state index contributed by atoms with van der Waals surface area (Å²) in [7, 11) is 1.81. The number of thiophene rings is 1. The summed E-state index contributed by atoms with van der Waals surface area (Å²) in [5, 5.41) is 16.1. The second kappa shape index (κ2) is 5.07. The van der Waals surface area contributed by atoms with Crippen LogP contribution in [0.15, 0.2) is 18.5 Å². The fraction of sp³-hybridized carbons (Fsp3) is 0.300. The molecule has 2 heterocycles. The highest BCUT2D eigenvalue weighted by molar-refractivity contribution is 7.13. The predicted octanol–water partition coefficient (Wildman–Crippen LogP) is 0.865. The van der Waals surface area contributed by atoms with E-state index in [1.54, 1.807) is 17.1 Å². The molecule has 0 amide bonds. The number of hydrogen-bond acceptors (Lipinski definition) is 5. The van der Waals surface area contributed by atoms with Gasteiger partial charge in [-0.15, -0.1) is 11.3 Å². The minimum absolute atomic E-state index is 0.359. The fourth-order valence-electron chi connectivity index (χ4n) is 1.35. The summed E-state index contributed by atoms with van der Waals surface area (Å²) in [5.74, 6) is -0.157. The zero-order valence-corrected chi connectivity index (χ0v) is 10.1. The Kier molecular flexibility index (Phi) is 3.50. The number of nitrogens with one attached hydrogen (secondary N) is 1. The van der Waals surface area contributed by atoms with Crippen LogP contribution in [0.3, 0.4) is 0 Å². The Morgan fingerprint density at radius 2 is 2.35 bits per heavy atom. The molecule has 0 aromatic carbocycles. The molecule has 7 heteroatoms. The first kappa shape index (κ1) is 11.7. The second-order valence-electron chi connectivity index (χ2n) is 3.51. The Hall–Kier alpha value is -1.73. The fourth-order valence-corrected chi connectivity index (χ4v) is 2.17. The standard InChI is InChI=1S/C10H12N4O2S/c1-14-6-12-9(13-14)5-11-4-7-2-3-8(17-7)10(15)16/h2-3,6,11H,4-5H2,1H3,(H,15,16). The minimum Gasteiger partial charge on any atom is -0.477 e. The van der Waals surface area contributed by atoms with Crippen LogP contribution in [0.1, 0.15) is 20.4 Å². The van der Waals surface area contributed by atoms with Crippen LogP contribution in [0.25, 0.3) is 0 Å². The van der Waals surface area contributed by atoms with Gasteiger partial charge in [0.2, 0.25) is 0 Å². The summed E-state index contributed by atoms with van der Waals surface area (Å²) in [6, 6.07) is 3.43. The lowest BCUT2D eigenvalue weighted by Gasteiger charge is -1.98. The van der Waals surface area contributed by atoms with Gasteiger partial charge in [-0.1, -0.05) is 0 Å². The molecule has 6 nitrogen and oxygen atoms in total. The lowest BCUT2D eigenvalue weighted by Crippen LogP contribution is -2.13. The van der Waals surface area contributed by atoms with Gasteiger partial charge in [0.15, 0.2) is 5.82 Å². The van der Waals surface area contributed by atoms with Gasteiger partial charge < -0.3 is 10.4 Å². The number of carboxylic acid groups (broad SMARTS) is 1. The van der Waals surface area contributed by atoms with Gasteiger partial charge in [-0.3, -0.25) is 4.68 Å². The lowest BCUT2D eigenvalue weighted by atomic mass is 10.4. The summed E-state index contributed by atoms with van der Waals surface area (Å²) in [6.45, 7) is 1.19. The molecule has 90 valence electrons. The van der Waals surface area contributed by atoms with Gasteiger partial charge in [-0.25, -0.2) is 9.78 Å². The van der Waals surface area contributed by atoms with Crippen LogP contribution in [0.5, 0.6) is 0 Å². The molecule has 0 unspecified atom stereocenters. The normalized spacial score (nSPS) is 10.6. The van der Waals surface area contributed by atoms with Crippen molar-refractivity contribution in [3.05, 3.63) is 34.0 Å². The second-order valence-corrected chi connectivity index (χ2v) is 4.68. The van der Waals surface area contributed by atoms with Crippen LogP contribution in [0.4, 0.5) is 0 Å². The smallest absolute Gasteiger partial charge is 0.345 e. The Morgan fingerprint density at radius 1 is 1.53 bits per heavy atom. The highest BCUT2D eigenvalue weighted by atomic mass is 32.1. The Bertz CT molecular complexity index is 520. The van der Waals surface area contributed by atoms with E-state index in [-0.39, 0.29) is 0 Å². The van der Waals surface area contributed by atoms with Crippen LogP contribution in [-0.2, 0) is 20.1 Å². The van der Waals surface area contributed by atoms with E-state index < -0.39 is 5.97 Å². The van der Waals surface area contributed by atoms with Gasteiger partial charge in [0, 0.05) is 18.5 Å². The van der Waals surface area contributed by atoms with E-state index in [1.165, 1.54) is 11.3 Å². The number of hydrogen-bond donors (Lipinski definition) is 2. The molecular formula is C10H12N4O2S. The number of carboxylic acids is 1. The van der Waals surface area contributed by atoms with Crippen LogP contribution in [0.2, 0.25) is 0 Å². The van der Waals surface area contributed by atoms with E-state index in [1.807, 2.05) is 13.1 Å². The number of aryl methyl sites for hydroxylation is 1. The molecule has 0 saturated heterocycles. The first-order chi connectivity index (χ1) is 8.15. The maximum atomic E-state index is 10.7. The molecule has 0 aliphatic carbocycles. The largest absolute Gasteiger partial charge is 0.477 e. The average molecular weight is 252 g/mol. The molecule has 0 saturated carbocycles. The van der Waals surface area contributed by atoms with Gasteiger partial charge in [0.1, 0.15) is 11.2 Å². The predicted molar refractivity (Wildman–Crippen MR) is 62.8 cm³/mol. The zero-order chi connectivity index (χ0) is 12.3. The molecule has 2 rings (SSSR count). The molecule has 0 aliphatic rings. The van der Waals surface area contributed by atoms with Crippen molar-refractivity contribution in [2.75, 3.05) is 0 Å². The quantitative estimate of drug-likeness (QED) is 0.825. The molecule has 0 aliphatic heterocycles. The number of aromatic carboxylic acids is 1. The molecule has 2 N–H and O–H groups in total. The van der Waals surface area contributed by atoms with Gasteiger partial charge >= 0.3 is 5.97 Å². The van der Waals surface area contributed by atoms with Crippen LogP contribution >= 0.6 is 11.3 Å². The van der Waals surface area contributed by atoms with Gasteiger partial charge in [-0.05, 0) is 12.1 Å². The van der Waals surface area contributed by atoms with E-state index in [4.69, 9.17) is 5.11 Å². The third kappa shape index (κ3) is 3.11. The van der Waals surface area contributed by atoms with Gasteiger partial charge in [0.05, 0.1) is 6.54 Å². The van der Waals surface area contributed by atoms with Crippen LogP contribution in [-0.4, -0.2) is 25.8 Å². The van der Waals surface area contributed by atoms with Crippen molar-refractivity contribution in [1.82, 2.24) is 20.1 Å². The third-order valence-corrected chi connectivity index (χ3v) is 3.18. The molecule has 0 spiro atoms. The number of rotatable bonds is 5. The maximum Gasteiger partial charge on any atom is 0.345 e. The molecule has 2 aromatic rings. The van der Waals surface area contributed by atoms with E-state index in [2.05, 4.69) is 15.4 Å². The van der Waals surface area contributed by atoms with E-state index in [0.29, 0.717) is 18.0 Å². The number of aromatic nitrogens is 3. The van der Waals surface area contributed by atoms with E-state index in [9.17, 15) is 4.79 Å². The van der Waals surface area contributed by atoms with Crippen LogP contribution < -0.4 is 5.32 Å². The summed E-state index contributed by atoms with van der Waals surface area (Å²) in [6.07, 6.45) is 1.64. The van der Waals surface area contributed by atoms with Crippen molar-refractivity contribution in [2.45, 2.75) is 13.1 Å². The lowest BCUT2D eigenvalue weighted by molar-refractivity contribution is 0.0702. The SMILES string of the molecule is Cn1cnc(CNCc2ccc(C(=O)O)s2)n1. The first-order valence-electron chi connectivity index (χ1n) is 5.02. The van der Waals surface area contributed by atoms with Crippen molar-refractivity contribution < 1.29 is 9.90 Å². The summed E-state index contributed by atoms with van der Waals surface area (Å²) in [4.78, 5) is 16.1. The van der Waals surface area contributed by atoms with E-state index >= 15 is 0 Å². The summed E-state index contributed by atoms with van der Waals surface area (Å²) in [5.41, 5.74) is 0. The molecule has 17 heavy (non-hydrogen) atoms. The molecule has 0 bridgehead atoms. The minimum atomic E-state index is -0.882. The Morgan fingerprint density at radius 3 is 2.94 bits per heavy atom. The first-order valence-corrected chi connectivity index (χ1v) is 5.84. The summed E-state index contributed by atoms with van der Waals surface area (Å²) < 4.78 is 1.64. The monoisotopic (exact) mass is 252 g/mol. The van der Waals surface area contributed by atoms with Gasteiger partial charge in [0.25, 0.3) is 0 Å². The van der Waals surface area contributed by atoms with Crippen molar-refractivity contribution in [3.8, 4) is 0 Å². The number of nitrogens with zero attached hydrogens (tertiary/aromatic N) is 3. The highest BCUT2D eigenvalue weighted by Gasteiger charge is 2.06. The third-order valence-electron chi connectivity index (χ3n) is 2.10. The van der Waals surface area contributed by atoms with Crippen LogP contribution in [0, 0.1) is 0 Å². The number of carbonyl (C=O) groups is 1. The Labute approximate surface area is 102 Å². The summed E-state index contributed by atoms with van der Waals surface area (Å²) >= 11 is 1.27. The highest BCUT2D eigenvalue weighted by Crippen LogP contribution is 2.15. The molecule has 0 fully saturated rings. The molecule has 2 aromatic heterocycles. The molecule has 0 radical (unpaired) electrons. The van der Waals surface area contributed by atoms with Crippen molar-refractivity contribution in [2.24, 2.45) is 7.05 Å². The average Bonchev–Trinajstić information content (AvgIpc) is 2.88. The van der Waals surface area contributed by atoms with Crippen molar-refractivity contribution in [1.29, 1.82) is 0 Å². The Balaban J connectivity index is 1.83. The maximum absolute atomic E-state index is 10.7. The van der Waals surface area contributed by atoms with E-state index in [0.717, 1.165) is 10.7 Å². The molecule has 0 atom stereocenters.